The zero-order valence-electron chi connectivity index (χ0n) is 13.0. The fourth-order valence-corrected chi connectivity index (χ4v) is 2.44. The Kier molecular flexibility index (Phi) is 5.44. The Bertz CT molecular complexity index is 620. The van der Waals surface area contributed by atoms with Crippen molar-refractivity contribution in [1.82, 2.24) is 9.80 Å². The highest BCUT2D eigenvalue weighted by atomic mass is 19.1. The minimum atomic E-state index is -1.35. The molecule has 1 saturated heterocycles. The van der Waals surface area contributed by atoms with E-state index in [-0.39, 0.29) is 18.9 Å². The van der Waals surface area contributed by atoms with Gasteiger partial charge in [-0.15, -0.1) is 0 Å². The summed E-state index contributed by atoms with van der Waals surface area (Å²) in [6.45, 7) is 2.24. The Morgan fingerprint density at radius 3 is 2.39 bits per heavy atom. The third-order valence-electron chi connectivity index (χ3n) is 3.77. The van der Waals surface area contributed by atoms with Crippen LogP contribution in [0.25, 0.3) is 0 Å². The summed E-state index contributed by atoms with van der Waals surface area (Å²) < 4.78 is 13.2. The van der Waals surface area contributed by atoms with Gasteiger partial charge in [0.25, 0.3) is 11.8 Å². The van der Waals surface area contributed by atoms with E-state index in [1.165, 1.54) is 12.1 Å². The van der Waals surface area contributed by atoms with E-state index in [0.29, 0.717) is 18.4 Å². The number of imide groups is 2. The van der Waals surface area contributed by atoms with Gasteiger partial charge in [0, 0.05) is 13.1 Å². The van der Waals surface area contributed by atoms with Crippen LogP contribution >= 0.6 is 0 Å². The van der Waals surface area contributed by atoms with Crippen molar-refractivity contribution in [2.45, 2.75) is 32.2 Å². The highest BCUT2D eigenvalue weighted by Gasteiger charge is 2.43. The summed E-state index contributed by atoms with van der Waals surface area (Å²) in [5.41, 5.74) is 6.30. The quantitative estimate of drug-likeness (QED) is 0.800. The molecule has 2 rings (SSSR count). The van der Waals surface area contributed by atoms with Crippen LogP contribution in [0.5, 0.6) is 0 Å². The first-order chi connectivity index (χ1) is 11.0. The van der Waals surface area contributed by atoms with Crippen LogP contribution in [0.1, 0.15) is 25.3 Å². The zero-order chi connectivity index (χ0) is 17.0. The number of nitrogens with two attached hydrogens (primary N) is 1. The van der Waals surface area contributed by atoms with Crippen molar-refractivity contribution in [1.29, 1.82) is 0 Å². The first-order valence-electron chi connectivity index (χ1n) is 7.62. The van der Waals surface area contributed by atoms with Crippen LogP contribution < -0.4 is 5.73 Å². The number of nitrogens with zero attached hydrogens (tertiary/aromatic N) is 2. The predicted molar refractivity (Wildman–Crippen MR) is 81.8 cm³/mol. The van der Waals surface area contributed by atoms with E-state index in [1.807, 2.05) is 6.92 Å². The van der Waals surface area contributed by atoms with Crippen LogP contribution in [0.4, 0.5) is 9.18 Å². The molecule has 1 heterocycles. The molecule has 1 aromatic carbocycles. The highest BCUT2D eigenvalue weighted by molar-refractivity contribution is 6.18. The molecule has 1 unspecified atom stereocenters. The van der Waals surface area contributed by atoms with Crippen LogP contribution in [0.2, 0.25) is 0 Å². The molecule has 1 atom stereocenters. The van der Waals surface area contributed by atoms with Crippen molar-refractivity contribution in [2.24, 2.45) is 5.73 Å². The van der Waals surface area contributed by atoms with Gasteiger partial charge in [0.2, 0.25) is 0 Å². The lowest BCUT2D eigenvalue weighted by molar-refractivity contribution is -0.144. The molecule has 0 spiro atoms. The fourth-order valence-electron chi connectivity index (χ4n) is 2.44. The van der Waals surface area contributed by atoms with Gasteiger partial charge >= 0.3 is 6.03 Å². The monoisotopic (exact) mass is 321 g/mol. The van der Waals surface area contributed by atoms with Crippen molar-refractivity contribution in [3.8, 4) is 0 Å². The molecule has 0 saturated carbocycles. The number of halogens is 1. The third kappa shape index (κ3) is 3.73. The van der Waals surface area contributed by atoms with E-state index in [4.69, 9.17) is 5.73 Å². The maximum atomic E-state index is 13.2. The van der Waals surface area contributed by atoms with Gasteiger partial charge in [-0.3, -0.25) is 19.4 Å². The van der Waals surface area contributed by atoms with E-state index in [9.17, 15) is 18.8 Å². The molecule has 0 aliphatic carbocycles. The van der Waals surface area contributed by atoms with E-state index < -0.39 is 23.9 Å². The second-order valence-electron chi connectivity index (χ2n) is 5.47. The van der Waals surface area contributed by atoms with Crippen molar-refractivity contribution in [3.05, 3.63) is 35.6 Å². The Morgan fingerprint density at radius 1 is 1.13 bits per heavy atom. The molecule has 2 N–H and O–H groups in total. The number of hydrogen-bond donors (Lipinski definition) is 1. The summed E-state index contributed by atoms with van der Waals surface area (Å²) in [5.74, 6) is -1.74. The lowest BCUT2D eigenvalue weighted by Gasteiger charge is -2.35. The molecular formula is C16H20FN3O3. The maximum absolute atomic E-state index is 13.2. The number of rotatable bonds is 6. The molecule has 1 aromatic rings. The van der Waals surface area contributed by atoms with Crippen LogP contribution in [0, 0.1) is 5.82 Å². The van der Waals surface area contributed by atoms with E-state index in [1.54, 1.807) is 12.1 Å². The van der Waals surface area contributed by atoms with E-state index in [2.05, 4.69) is 0 Å². The third-order valence-corrected chi connectivity index (χ3v) is 3.77. The molecule has 1 fully saturated rings. The van der Waals surface area contributed by atoms with Gasteiger partial charge < -0.3 is 5.73 Å². The van der Waals surface area contributed by atoms with Gasteiger partial charge in [0.15, 0.2) is 6.04 Å². The topological polar surface area (TPSA) is 83.7 Å². The normalized spacial score (nSPS) is 18.7. The lowest BCUT2D eigenvalue weighted by Crippen LogP contribution is -2.65. The lowest BCUT2D eigenvalue weighted by atomic mass is 10.1. The average Bonchev–Trinajstić information content (AvgIpc) is 2.53. The summed E-state index contributed by atoms with van der Waals surface area (Å²) in [7, 11) is 0. The van der Waals surface area contributed by atoms with Crippen molar-refractivity contribution >= 4 is 17.8 Å². The SMILES string of the molecule is CCCCN1C(=O)C(N)C(=O)N(CCc2cccc(F)c2)C1=O. The number of hydrogen-bond acceptors (Lipinski definition) is 4. The summed E-state index contributed by atoms with van der Waals surface area (Å²) in [6, 6.07) is 3.94. The minimum Gasteiger partial charge on any atom is -0.312 e. The smallest absolute Gasteiger partial charge is 0.312 e. The second kappa shape index (κ2) is 7.32. The average molecular weight is 321 g/mol. The molecule has 124 valence electrons. The number of carbonyl (C=O) groups is 3. The van der Waals surface area contributed by atoms with Gasteiger partial charge in [-0.2, -0.15) is 0 Å². The van der Waals surface area contributed by atoms with Crippen LogP contribution in [-0.4, -0.2) is 46.8 Å². The Labute approximate surface area is 134 Å². The maximum Gasteiger partial charge on any atom is 0.333 e. The number of urea groups is 1. The van der Waals surface area contributed by atoms with E-state index >= 15 is 0 Å². The molecule has 6 nitrogen and oxygen atoms in total. The Morgan fingerprint density at radius 2 is 1.78 bits per heavy atom. The van der Waals surface area contributed by atoms with Crippen molar-refractivity contribution in [2.75, 3.05) is 13.1 Å². The van der Waals surface area contributed by atoms with Gasteiger partial charge in [-0.05, 0) is 30.5 Å². The van der Waals surface area contributed by atoms with E-state index in [0.717, 1.165) is 16.2 Å². The number of barbiturate groups is 1. The summed E-state index contributed by atoms with van der Waals surface area (Å²) in [4.78, 5) is 38.5. The largest absolute Gasteiger partial charge is 0.333 e. The van der Waals surface area contributed by atoms with Crippen LogP contribution in [-0.2, 0) is 16.0 Å². The molecule has 7 heteroatoms. The first kappa shape index (κ1) is 17.1. The molecule has 23 heavy (non-hydrogen) atoms. The summed E-state index contributed by atoms with van der Waals surface area (Å²) >= 11 is 0. The molecule has 1 aliphatic rings. The number of benzene rings is 1. The van der Waals surface area contributed by atoms with Crippen LogP contribution in [0.15, 0.2) is 24.3 Å². The highest BCUT2D eigenvalue weighted by Crippen LogP contribution is 2.14. The first-order valence-corrected chi connectivity index (χ1v) is 7.62. The van der Waals surface area contributed by atoms with Gasteiger partial charge in [0.05, 0.1) is 0 Å². The number of carbonyl (C=O) groups excluding carboxylic acids is 3. The molecule has 4 amide bonds. The van der Waals surface area contributed by atoms with Gasteiger partial charge in [0.1, 0.15) is 5.82 Å². The predicted octanol–water partition coefficient (Wildman–Crippen LogP) is 1.29. The molecule has 1 aliphatic heterocycles. The van der Waals surface area contributed by atoms with Crippen molar-refractivity contribution < 1.29 is 18.8 Å². The fraction of sp³-hybridized carbons (Fsp3) is 0.438. The molecular weight excluding hydrogens is 301 g/mol. The molecule has 0 aromatic heterocycles. The standard InChI is InChI=1S/C16H20FN3O3/c1-2-3-8-19-14(21)13(18)15(22)20(16(19)23)9-7-11-5-4-6-12(17)10-11/h4-6,10,13H,2-3,7-9,18H2,1H3. The Hall–Kier alpha value is -2.28. The summed E-state index contributed by atoms with van der Waals surface area (Å²) in [6.07, 6.45) is 1.76. The Balaban J connectivity index is 2.10. The minimum absolute atomic E-state index is 0.0602. The molecule has 0 bridgehead atoms. The number of amides is 4. The molecule has 0 radical (unpaired) electrons. The summed E-state index contributed by atoms with van der Waals surface area (Å²) in [5, 5.41) is 0. The van der Waals surface area contributed by atoms with Gasteiger partial charge in [-0.25, -0.2) is 9.18 Å². The van der Waals surface area contributed by atoms with Crippen molar-refractivity contribution in [3.63, 3.8) is 0 Å². The zero-order valence-corrected chi connectivity index (χ0v) is 13.0. The number of unbranched alkanes of at least 4 members (excludes halogenated alkanes) is 1. The second-order valence-corrected chi connectivity index (χ2v) is 5.47. The van der Waals surface area contributed by atoms with Gasteiger partial charge in [-0.1, -0.05) is 25.5 Å². The van der Waals surface area contributed by atoms with Crippen LogP contribution in [0.3, 0.4) is 0 Å².